The maximum absolute atomic E-state index is 10.1. The van der Waals surface area contributed by atoms with Gasteiger partial charge in [0.15, 0.2) is 6.20 Å². The van der Waals surface area contributed by atoms with Gasteiger partial charge in [0.25, 0.3) is 0 Å². The van der Waals surface area contributed by atoms with E-state index in [0.717, 1.165) is 55.4 Å². The fourth-order valence-corrected chi connectivity index (χ4v) is 5.67. The van der Waals surface area contributed by atoms with Gasteiger partial charge in [0.05, 0.1) is 11.1 Å². The lowest BCUT2D eigenvalue weighted by Gasteiger charge is -2.09. The molecule has 0 fully saturated rings. The monoisotopic (exact) mass is 445 g/mol. The lowest BCUT2D eigenvalue weighted by Crippen LogP contribution is -2.30. The highest BCUT2D eigenvalue weighted by Crippen LogP contribution is 2.43. The van der Waals surface area contributed by atoms with Crippen molar-refractivity contribution < 1.29 is 8.98 Å². The molecule has 0 unspecified atom stereocenters. The van der Waals surface area contributed by atoms with Crippen LogP contribution < -0.4 is 4.57 Å². The summed E-state index contributed by atoms with van der Waals surface area (Å²) in [5, 5.41) is 15.5. The molecule has 0 aliphatic heterocycles. The highest BCUT2D eigenvalue weighted by Gasteiger charge is 2.24. The molecule has 33 heavy (non-hydrogen) atoms. The summed E-state index contributed by atoms with van der Waals surface area (Å²) < 4.78 is 10.0. The maximum Gasteiger partial charge on any atom is 0.216 e. The molecule has 3 heterocycles. The van der Waals surface area contributed by atoms with E-state index < -0.39 is 0 Å². The molecule has 3 aromatic heterocycles. The van der Waals surface area contributed by atoms with E-state index in [-0.39, 0.29) is 0 Å². The number of pyridine rings is 1. The van der Waals surface area contributed by atoms with Crippen LogP contribution in [0.5, 0.6) is 0 Å². The predicted molar refractivity (Wildman–Crippen MR) is 135 cm³/mol. The molecule has 0 saturated carbocycles. The van der Waals surface area contributed by atoms with Crippen LogP contribution in [-0.4, -0.2) is 0 Å². The Bertz CT molecular complexity index is 1760. The van der Waals surface area contributed by atoms with Crippen molar-refractivity contribution in [3.8, 4) is 28.5 Å². The number of nitriles is 1. The van der Waals surface area contributed by atoms with Crippen LogP contribution in [0.15, 0.2) is 76.7 Å². The summed E-state index contributed by atoms with van der Waals surface area (Å²) in [4.78, 5) is 0. The lowest BCUT2D eigenvalue weighted by atomic mass is 9.93. The summed E-state index contributed by atoms with van der Waals surface area (Å²) in [7, 11) is 2.05. The molecule has 0 spiro atoms. The van der Waals surface area contributed by atoms with E-state index >= 15 is 0 Å². The molecule has 3 aromatic carbocycles. The molecular weight excluding hydrogens is 424 g/mol. The minimum absolute atomic E-state index is 0.668. The molecule has 0 aliphatic carbocycles. The molecule has 3 nitrogen and oxygen atoms in total. The quantitative estimate of drug-likeness (QED) is 0.260. The Hall–Kier alpha value is -3.94. The van der Waals surface area contributed by atoms with Gasteiger partial charge in [0.1, 0.15) is 24.3 Å². The zero-order valence-electron chi connectivity index (χ0n) is 18.6. The average Bonchev–Trinajstić information content (AvgIpc) is 3.42. The van der Waals surface area contributed by atoms with Gasteiger partial charge in [0, 0.05) is 33.2 Å². The molecule has 0 radical (unpaired) electrons. The summed E-state index contributed by atoms with van der Waals surface area (Å²) in [5.41, 5.74) is 8.48. The Labute approximate surface area is 195 Å². The van der Waals surface area contributed by atoms with Crippen LogP contribution in [0.1, 0.15) is 16.7 Å². The van der Waals surface area contributed by atoms with Crippen LogP contribution in [0.3, 0.4) is 0 Å². The Morgan fingerprint density at radius 2 is 1.73 bits per heavy atom. The first-order valence-corrected chi connectivity index (χ1v) is 11.8. The molecule has 0 amide bonds. The number of aryl methyl sites for hydroxylation is 3. The van der Waals surface area contributed by atoms with Gasteiger partial charge in [0.2, 0.25) is 5.69 Å². The highest BCUT2D eigenvalue weighted by atomic mass is 32.1. The molecule has 6 rings (SSSR count). The van der Waals surface area contributed by atoms with Crippen LogP contribution in [0.25, 0.3) is 54.4 Å². The van der Waals surface area contributed by atoms with Crippen molar-refractivity contribution in [1.82, 2.24) is 0 Å². The van der Waals surface area contributed by atoms with Crippen molar-refractivity contribution in [3.63, 3.8) is 0 Å². The van der Waals surface area contributed by atoms with Gasteiger partial charge in [-0.3, -0.25) is 0 Å². The molecule has 0 aliphatic rings. The summed E-state index contributed by atoms with van der Waals surface area (Å²) in [6, 6.07) is 23.5. The van der Waals surface area contributed by atoms with Crippen LogP contribution in [0.2, 0.25) is 0 Å². The minimum atomic E-state index is 0.668. The van der Waals surface area contributed by atoms with Crippen LogP contribution in [0, 0.1) is 25.2 Å². The minimum Gasteiger partial charge on any atom is -0.454 e. The topological polar surface area (TPSA) is 40.8 Å². The van der Waals surface area contributed by atoms with E-state index in [2.05, 4.69) is 90.8 Å². The number of thiophene rings is 1. The van der Waals surface area contributed by atoms with E-state index in [0.29, 0.717) is 5.56 Å². The molecule has 4 heteroatoms. The van der Waals surface area contributed by atoms with Gasteiger partial charge >= 0.3 is 0 Å². The largest absolute Gasteiger partial charge is 0.454 e. The number of rotatable bonds is 2. The zero-order valence-corrected chi connectivity index (χ0v) is 19.5. The molecule has 0 bridgehead atoms. The Balaban J connectivity index is 1.77. The van der Waals surface area contributed by atoms with E-state index in [1.54, 1.807) is 11.3 Å². The van der Waals surface area contributed by atoms with Gasteiger partial charge < -0.3 is 4.42 Å². The first kappa shape index (κ1) is 19.7. The van der Waals surface area contributed by atoms with Gasteiger partial charge in [-0.15, -0.1) is 11.3 Å². The molecule has 158 valence electrons. The zero-order chi connectivity index (χ0) is 22.7. The highest BCUT2D eigenvalue weighted by molar-refractivity contribution is 7.17. The second-order valence-corrected chi connectivity index (χ2v) is 9.49. The number of furan rings is 1. The third kappa shape index (κ3) is 2.90. The molecular formula is C29H21N2OS+. The molecule has 0 atom stereocenters. The van der Waals surface area contributed by atoms with Gasteiger partial charge in [-0.2, -0.15) is 5.26 Å². The first-order valence-electron chi connectivity index (χ1n) is 10.9. The van der Waals surface area contributed by atoms with Crippen molar-refractivity contribution in [3.05, 3.63) is 88.9 Å². The van der Waals surface area contributed by atoms with Crippen molar-refractivity contribution in [1.29, 1.82) is 5.26 Å². The number of nitrogens with zero attached hydrogens (tertiary/aromatic N) is 2. The molecule has 0 N–H and O–H groups in total. The fourth-order valence-electron chi connectivity index (χ4n) is 4.84. The second-order valence-electron chi connectivity index (χ2n) is 8.54. The fraction of sp³-hybridized carbons (Fsp3) is 0.103. The van der Waals surface area contributed by atoms with Crippen LogP contribution in [-0.2, 0) is 7.05 Å². The summed E-state index contributed by atoms with van der Waals surface area (Å²) in [6.07, 6.45) is 2.05. The number of aromatic nitrogens is 1. The summed E-state index contributed by atoms with van der Waals surface area (Å²) in [5.74, 6) is 0. The Morgan fingerprint density at radius 1 is 0.879 bits per heavy atom. The van der Waals surface area contributed by atoms with Crippen molar-refractivity contribution in [2.45, 2.75) is 13.8 Å². The SMILES string of the molecule is Cc1cc2c(oc3c(-c4cccc[n+]4C)c(C)ccc32)c(-c2ccc3ccsc3c2)c1C#N. The average molecular weight is 446 g/mol. The van der Waals surface area contributed by atoms with E-state index in [1.165, 1.54) is 10.1 Å². The first-order chi connectivity index (χ1) is 16.1. The smallest absolute Gasteiger partial charge is 0.216 e. The lowest BCUT2D eigenvalue weighted by molar-refractivity contribution is -0.660. The maximum atomic E-state index is 10.1. The number of hydrogen-bond donors (Lipinski definition) is 0. The summed E-state index contributed by atoms with van der Waals surface area (Å²) >= 11 is 1.71. The number of hydrogen-bond acceptors (Lipinski definition) is 3. The van der Waals surface area contributed by atoms with Crippen molar-refractivity contribution in [2.24, 2.45) is 7.05 Å². The standard InChI is InChI=1S/C29H21N2OS/c1-17-7-10-21-22-14-18(2)23(16-30)27(20-9-8-19-11-13-33-25(19)15-20)29(22)32-28(21)26(17)24-6-4-5-12-31(24)3/h4-15H,1-3H3/q+1. The predicted octanol–water partition coefficient (Wildman–Crippen LogP) is 7.45. The van der Waals surface area contributed by atoms with E-state index in [9.17, 15) is 5.26 Å². The van der Waals surface area contributed by atoms with Gasteiger partial charge in [-0.25, -0.2) is 4.57 Å². The van der Waals surface area contributed by atoms with Crippen molar-refractivity contribution in [2.75, 3.05) is 0 Å². The normalized spacial score (nSPS) is 11.5. The van der Waals surface area contributed by atoms with Crippen molar-refractivity contribution >= 4 is 43.4 Å². The van der Waals surface area contributed by atoms with Crippen LogP contribution in [0.4, 0.5) is 0 Å². The Kier molecular flexibility index (Phi) is 4.36. The Morgan fingerprint density at radius 3 is 2.55 bits per heavy atom. The van der Waals surface area contributed by atoms with Crippen LogP contribution >= 0.6 is 11.3 Å². The number of fused-ring (bicyclic) bond motifs is 4. The van der Waals surface area contributed by atoms with E-state index in [4.69, 9.17) is 4.42 Å². The molecule has 0 saturated heterocycles. The van der Waals surface area contributed by atoms with Gasteiger partial charge in [-0.1, -0.05) is 24.3 Å². The van der Waals surface area contributed by atoms with E-state index in [1.807, 2.05) is 13.0 Å². The molecule has 6 aromatic rings. The third-order valence-electron chi connectivity index (χ3n) is 6.50. The third-order valence-corrected chi connectivity index (χ3v) is 7.38. The second kappa shape index (κ2) is 7.30. The summed E-state index contributed by atoms with van der Waals surface area (Å²) in [6.45, 7) is 4.13. The van der Waals surface area contributed by atoms with Gasteiger partial charge in [-0.05, 0) is 65.6 Å². The number of benzene rings is 3.